The quantitative estimate of drug-likeness (QED) is 0.743. The van der Waals surface area contributed by atoms with Crippen molar-refractivity contribution in [2.45, 2.75) is 43.3 Å². The maximum atomic E-state index is 12.4. The number of rotatable bonds is 6. The van der Waals surface area contributed by atoms with Crippen molar-refractivity contribution in [2.24, 2.45) is 0 Å². The maximum Gasteiger partial charge on any atom is 0.233 e. The van der Waals surface area contributed by atoms with Gasteiger partial charge in [-0.15, -0.1) is 21.5 Å². The van der Waals surface area contributed by atoms with Crippen LogP contribution in [0.2, 0.25) is 0 Å². The Bertz CT molecular complexity index is 846. The Morgan fingerprint density at radius 2 is 2.32 bits per heavy atom. The average molecular weight is 401 g/mol. The lowest BCUT2D eigenvalue weighted by Crippen LogP contribution is -2.40. The molecule has 3 rings (SSSR count). The van der Waals surface area contributed by atoms with E-state index in [-0.39, 0.29) is 28.7 Å². The highest BCUT2D eigenvalue weighted by molar-refractivity contribution is 8.00. The number of nitrogens with one attached hydrogen (secondary N) is 1. The van der Waals surface area contributed by atoms with Gasteiger partial charge in [-0.1, -0.05) is 17.8 Å². The summed E-state index contributed by atoms with van der Waals surface area (Å²) in [5.74, 6) is 0.808. The van der Waals surface area contributed by atoms with E-state index in [1.807, 2.05) is 29.0 Å². The topological polar surface area (TPSA) is 94.0 Å². The standard InChI is InChI=1S/C15H20N4O3S3/c1-3-19-13(12-5-4-7-23-12)17-18-15(19)24-10(2)14(20)16-11-6-8-25(21,22)9-11/h4-5,7,10-11H,3,6,8-9H2,1-2H3,(H,16,20). The molecule has 0 spiro atoms. The second kappa shape index (κ2) is 7.46. The molecule has 2 aromatic heterocycles. The molecule has 0 bridgehead atoms. The molecule has 136 valence electrons. The van der Waals surface area contributed by atoms with Gasteiger partial charge in [0.25, 0.3) is 0 Å². The molecular formula is C15H20N4O3S3. The summed E-state index contributed by atoms with van der Waals surface area (Å²) in [6.07, 6.45) is 0.485. The van der Waals surface area contributed by atoms with Crippen molar-refractivity contribution in [3.8, 4) is 10.7 Å². The normalized spacial score (nSPS) is 20.5. The molecule has 25 heavy (non-hydrogen) atoms. The third-order valence-corrected chi connectivity index (χ3v) is 7.72. The molecule has 0 radical (unpaired) electrons. The van der Waals surface area contributed by atoms with Gasteiger partial charge in [-0.2, -0.15) is 0 Å². The van der Waals surface area contributed by atoms with Crippen molar-refractivity contribution in [1.82, 2.24) is 20.1 Å². The van der Waals surface area contributed by atoms with Crippen LogP contribution < -0.4 is 5.32 Å². The van der Waals surface area contributed by atoms with E-state index in [0.29, 0.717) is 18.1 Å². The van der Waals surface area contributed by atoms with E-state index >= 15 is 0 Å². The predicted molar refractivity (Wildman–Crippen MR) is 99.5 cm³/mol. The summed E-state index contributed by atoms with van der Waals surface area (Å²) >= 11 is 2.93. The summed E-state index contributed by atoms with van der Waals surface area (Å²) in [6.45, 7) is 4.51. The van der Waals surface area contributed by atoms with Crippen molar-refractivity contribution in [1.29, 1.82) is 0 Å². The first-order valence-electron chi connectivity index (χ1n) is 8.04. The molecule has 1 fully saturated rings. The Morgan fingerprint density at radius 1 is 1.52 bits per heavy atom. The minimum absolute atomic E-state index is 0.0315. The first kappa shape index (κ1) is 18.4. The van der Waals surface area contributed by atoms with Crippen molar-refractivity contribution in [3.63, 3.8) is 0 Å². The zero-order chi connectivity index (χ0) is 18.0. The molecule has 1 amide bonds. The van der Waals surface area contributed by atoms with Gasteiger partial charge < -0.3 is 9.88 Å². The van der Waals surface area contributed by atoms with E-state index in [4.69, 9.17) is 0 Å². The highest BCUT2D eigenvalue weighted by Crippen LogP contribution is 2.29. The Morgan fingerprint density at radius 3 is 2.92 bits per heavy atom. The van der Waals surface area contributed by atoms with Gasteiger partial charge in [-0.25, -0.2) is 8.42 Å². The second-order valence-electron chi connectivity index (χ2n) is 5.90. The van der Waals surface area contributed by atoms with E-state index in [0.717, 1.165) is 10.7 Å². The lowest BCUT2D eigenvalue weighted by molar-refractivity contribution is -0.120. The van der Waals surface area contributed by atoms with Gasteiger partial charge in [0.05, 0.1) is 21.6 Å². The van der Waals surface area contributed by atoms with Gasteiger partial charge in [0, 0.05) is 12.6 Å². The zero-order valence-electron chi connectivity index (χ0n) is 14.0. The monoisotopic (exact) mass is 400 g/mol. The van der Waals surface area contributed by atoms with E-state index in [1.165, 1.54) is 11.8 Å². The first-order valence-corrected chi connectivity index (χ1v) is 11.6. The van der Waals surface area contributed by atoms with Crippen LogP contribution in [0.4, 0.5) is 0 Å². The number of thiophene rings is 1. The zero-order valence-corrected chi connectivity index (χ0v) is 16.5. The molecule has 0 aromatic carbocycles. The Labute approximate surface area is 155 Å². The molecule has 7 nitrogen and oxygen atoms in total. The van der Waals surface area contributed by atoms with E-state index in [1.54, 1.807) is 18.3 Å². The van der Waals surface area contributed by atoms with Crippen molar-refractivity contribution < 1.29 is 13.2 Å². The maximum absolute atomic E-state index is 12.4. The fourth-order valence-corrected chi connectivity index (χ4v) is 6.00. The van der Waals surface area contributed by atoms with Crippen LogP contribution in [0.15, 0.2) is 22.7 Å². The SMILES string of the molecule is CCn1c(SC(C)C(=O)NC2CCS(=O)(=O)C2)nnc1-c1cccs1. The fraction of sp³-hybridized carbons (Fsp3) is 0.533. The molecule has 1 aliphatic heterocycles. The summed E-state index contributed by atoms with van der Waals surface area (Å²) in [4.78, 5) is 13.4. The van der Waals surface area contributed by atoms with Gasteiger partial charge in [0.15, 0.2) is 20.8 Å². The van der Waals surface area contributed by atoms with Crippen molar-refractivity contribution in [3.05, 3.63) is 17.5 Å². The largest absolute Gasteiger partial charge is 0.351 e. The molecule has 1 N–H and O–H groups in total. The van der Waals surface area contributed by atoms with E-state index in [9.17, 15) is 13.2 Å². The highest BCUT2D eigenvalue weighted by atomic mass is 32.2. The number of carbonyl (C=O) groups is 1. The molecule has 2 atom stereocenters. The molecule has 3 heterocycles. The minimum atomic E-state index is -3.00. The van der Waals surface area contributed by atoms with Crippen LogP contribution in [0.5, 0.6) is 0 Å². The number of nitrogens with zero attached hydrogens (tertiary/aromatic N) is 3. The van der Waals surface area contributed by atoms with Gasteiger partial charge >= 0.3 is 0 Å². The van der Waals surface area contributed by atoms with Crippen molar-refractivity contribution in [2.75, 3.05) is 11.5 Å². The third-order valence-electron chi connectivity index (χ3n) is 4.00. The molecule has 1 saturated heterocycles. The van der Waals surface area contributed by atoms with Crippen LogP contribution in [0.3, 0.4) is 0 Å². The number of sulfone groups is 1. The third kappa shape index (κ3) is 4.24. The molecule has 0 saturated carbocycles. The summed E-state index contributed by atoms with van der Waals surface area (Å²) in [6, 6.07) is 3.67. The van der Waals surface area contributed by atoms with Crippen LogP contribution in [-0.2, 0) is 21.2 Å². The van der Waals surface area contributed by atoms with E-state index in [2.05, 4.69) is 15.5 Å². The number of aromatic nitrogens is 3. The Kier molecular flexibility index (Phi) is 5.49. The first-order chi connectivity index (χ1) is 11.9. The molecule has 0 aliphatic carbocycles. The van der Waals surface area contributed by atoms with Gasteiger partial charge in [-0.05, 0) is 31.7 Å². The van der Waals surface area contributed by atoms with Crippen LogP contribution in [0.25, 0.3) is 10.7 Å². The molecular weight excluding hydrogens is 380 g/mol. The number of amides is 1. The number of carbonyl (C=O) groups excluding carboxylic acids is 1. The van der Waals surface area contributed by atoms with Gasteiger partial charge in [0.1, 0.15) is 0 Å². The Hall–Kier alpha value is -1.39. The second-order valence-corrected chi connectivity index (χ2v) is 10.4. The summed E-state index contributed by atoms with van der Waals surface area (Å²) in [7, 11) is -3.00. The summed E-state index contributed by atoms with van der Waals surface area (Å²) < 4.78 is 25.0. The Balaban J connectivity index is 1.66. The minimum Gasteiger partial charge on any atom is -0.351 e. The van der Waals surface area contributed by atoms with Crippen LogP contribution in [0, 0.1) is 0 Å². The molecule has 2 aromatic rings. The number of hydrogen-bond donors (Lipinski definition) is 1. The average Bonchev–Trinajstić information content (AvgIpc) is 3.26. The predicted octanol–water partition coefficient (Wildman–Crippen LogP) is 1.81. The lowest BCUT2D eigenvalue weighted by Gasteiger charge is -2.15. The van der Waals surface area contributed by atoms with Crippen LogP contribution in [0.1, 0.15) is 20.3 Å². The molecule has 1 aliphatic rings. The van der Waals surface area contributed by atoms with Gasteiger partial charge in [0.2, 0.25) is 5.91 Å². The fourth-order valence-electron chi connectivity index (χ4n) is 2.69. The summed E-state index contributed by atoms with van der Waals surface area (Å²) in [5.41, 5.74) is 0. The molecule has 10 heteroatoms. The lowest BCUT2D eigenvalue weighted by atomic mass is 10.2. The molecule has 2 unspecified atom stereocenters. The van der Waals surface area contributed by atoms with Crippen molar-refractivity contribution >= 4 is 38.8 Å². The highest BCUT2D eigenvalue weighted by Gasteiger charge is 2.30. The van der Waals surface area contributed by atoms with Gasteiger partial charge in [-0.3, -0.25) is 4.79 Å². The van der Waals surface area contributed by atoms with Crippen LogP contribution in [-0.4, -0.2) is 51.9 Å². The summed E-state index contributed by atoms with van der Waals surface area (Å²) in [5, 5.41) is 13.6. The van der Waals surface area contributed by atoms with Crippen LogP contribution >= 0.6 is 23.1 Å². The smallest absolute Gasteiger partial charge is 0.233 e. The number of hydrogen-bond acceptors (Lipinski definition) is 7. The number of thioether (sulfide) groups is 1. The van der Waals surface area contributed by atoms with E-state index < -0.39 is 9.84 Å².